The number of carbonyl (C=O) groups is 2. The molecule has 21 heavy (non-hydrogen) atoms. The van der Waals surface area contributed by atoms with Gasteiger partial charge >= 0.3 is 11.9 Å². The summed E-state index contributed by atoms with van der Waals surface area (Å²) in [7, 11) is 1.38. The molecule has 3 aliphatic rings. The predicted molar refractivity (Wildman–Crippen MR) is 74.4 cm³/mol. The molecule has 0 aromatic carbocycles. The van der Waals surface area contributed by atoms with Crippen molar-refractivity contribution in [2.75, 3.05) is 7.11 Å². The molecular formula is C16H20O5. The molecule has 4 atom stereocenters. The number of hydrogen-bond donors (Lipinski definition) is 0. The summed E-state index contributed by atoms with van der Waals surface area (Å²) in [5, 5.41) is 0. The standard InChI is InChI=1S/C16H20O5/c1-9-11-6-4-10(15(18)19-3)5-7-13-16(2,21-13)8-12(11)20-14(9)17/h4,11-13H,1,5-8H2,2-3H3/b10-4+/t11-,12+,13+,16-/m1/s1. The number of methoxy groups -OCH3 is 1. The van der Waals surface area contributed by atoms with E-state index in [1.54, 1.807) is 0 Å². The van der Waals surface area contributed by atoms with Crippen LogP contribution in [0.2, 0.25) is 0 Å². The van der Waals surface area contributed by atoms with Crippen molar-refractivity contribution in [2.24, 2.45) is 5.92 Å². The maximum absolute atomic E-state index is 11.8. The summed E-state index contributed by atoms with van der Waals surface area (Å²) >= 11 is 0. The molecule has 2 fully saturated rings. The lowest BCUT2D eigenvalue weighted by molar-refractivity contribution is -0.140. The van der Waals surface area contributed by atoms with Crippen LogP contribution < -0.4 is 0 Å². The molecule has 0 saturated carbocycles. The Hall–Kier alpha value is -1.62. The van der Waals surface area contributed by atoms with Gasteiger partial charge in [0.25, 0.3) is 0 Å². The Bertz CT molecular complexity index is 535. The number of rotatable bonds is 1. The number of epoxide rings is 1. The Balaban J connectivity index is 1.87. The van der Waals surface area contributed by atoms with E-state index in [1.807, 2.05) is 13.0 Å². The van der Waals surface area contributed by atoms with E-state index in [4.69, 9.17) is 14.2 Å². The maximum atomic E-state index is 11.8. The molecule has 1 aliphatic carbocycles. The Morgan fingerprint density at radius 2 is 2.29 bits per heavy atom. The summed E-state index contributed by atoms with van der Waals surface area (Å²) < 4.78 is 16.0. The van der Waals surface area contributed by atoms with Gasteiger partial charge in [0.2, 0.25) is 0 Å². The minimum Gasteiger partial charge on any atom is -0.466 e. The zero-order valence-corrected chi connectivity index (χ0v) is 12.4. The van der Waals surface area contributed by atoms with Crippen molar-refractivity contribution in [1.82, 2.24) is 0 Å². The SMILES string of the molecule is C=C1C(=O)O[C@H]2C[C@@]3(C)O[C@H]3CC/C(C(=O)OC)=C\C[C@H]12. The lowest BCUT2D eigenvalue weighted by Crippen LogP contribution is -2.26. The Labute approximate surface area is 123 Å². The zero-order chi connectivity index (χ0) is 15.2. The van der Waals surface area contributed by atoms with Crippen LogP contribution in [0, 0.1) is 5.92 Å². The summed E-state index contributed by atoms with van der Waals surface area (Å²) in [5.74, 6) is -0.736. The van der Waals surface area contributed by atoms with E-state index in [-0.39, 0.29) is 35.7 Å². The number of ether oxygens (including phenoxy) is 3. The fourth-order valence-electron chi connectivity index (χ4n) is 3.36. The van der Waals surface area contributed by atoms with Gasteiger partial charge in [0, 0.05) is 23.5 Å². The highest BCUT2D eigenvalue weighted by Crippen LogP contribution is 2.47. The van der Waals surface area contributed by atoms with Crippen LogP contribution in [0.5, 0.6) is 0 Å². The summed E-state index contributed by atoms with van der Waals surface area (Å²) in [5.41, 5.74) is 0.872. The molecule has 0 N–H and O–H groups in total. The number of allylic oxidation sites excluding steroid dienone is 1. The minimum absolute atomic E-state index is 0.0862. The van der Waals surface area contributed by atoms with Crippen LogP contribution in [0.4, 0.5) is 0 Å². The van der Waals surface area contributed by atoms with Gasteiger partial charge in [-0.15, -0.1) is 0 Å². The van der Waals surface area contributed by atoms with Gasteiger partial charge in [0.1, 0.15) is 6.10 Å². The van der Waals surface area contributed by atoms with Crippen LogP contribution in [0.25, 0.3) is 0 Å². The third-order valence-electron chi connectivity index (χ3n) is 4.80. The largest absolute Gasteiger partial charge is 0.466 e. The average Bonchev–Trinajstić information content (AvgIpc) is 3.02. The molecule has 114 valence electrons. The first-order valence-electron chi connectivity index (χ1n) is 7.29. The fraction of sp³-hybridized carbons (Fsp3) is 0.625. The highest BCUT2D eigenvalue weighted by atomic mass is 16.6. The second-order valence-electron chi connectivity index (χ2n) is 6.19. The van der Waals surface area contributed by atoms with E-state index in [9.17, 15) is 9.59 Å². The van der Waals surface area contributed by atoms with Crippen molar-refractivity contribution in [3.63, 3.8) is 0 Å². The lowest BCUT2D eigenvalue weighted by atomic mass is 9.84. The van der Waals surface area contributed by atoms with Gasteiger partial charge in [-0.25, -0.2) is 9.59 Å². The second-order valence-corrected chi connectivity index (χ2v) is 6.19. The van der Waals surface area contributed by atoms with Gasteiger partial charge in [0.05, 0.1) is 18.8 Å². The van der Waals surface area contributed by atoms with Gasteiger partial charge in [-0.1, -0.05) is 12.7 Å². The Kier molecular flexibility index (Phi) is 3.40. The third-order valence-corrected chi connectivity index (χ3v) is 4.80. The van der Waals surface area contributed by atoms with Crippen LogP contribution in [0.3, 0.4) is 0 Å². The number of esters is 2. The van der Waals surface area contributed by atoms with Gasteiger partial charge in [-0.2, -0.15) is 0 Å². The first kappa shape index (κ1) is 14.3. The monoisotopic (exact) mass is 292 g/mol. The molecule has 0 spiro atoms. The van der Waals surface area contributed by atoms with Crippen molar-refractivity contribution in [1.29, 1.82) is 0 Å². The summed E-state index contributed by atoms with van der Waals surface area (Å²) in [6.45, 7) is 5.87. The van der Waals surface area contributed by atoms with Crippen molar-refractivity contribution < 1.29 is 23.8 Å². The van der Waals surface area contributed by atoms with E-state index < -0.39 is 0 Å². The Morgan fingerprint density at radius 3 is 3.00 bits per heavy atom. The van der Waals surface area contributed by atoms with Crippen molar-refractivity contribution in [3.05, 3.63) is 23.8 Å². The molecule has 2 aliphatic heterocycles. The normalized spacial score (nSPS) is 41.2. The van der Waals surface area contributed by atoms with E-state index in [0.717, 1.165) is 6.42 Å². The van der Waals surface area contributed by atoms with Crippen LogP contribution in [-0.4, -0.2) is 36.9 Å². The molecule has 0 unspecified atom stereocenters. The van der Waals surface area contributed by atoms with E-state index in [0.29, 0.717) is 30.4 Å². The maximum Gasteiger partial charge on any atom is 0.334 e. The highest BCUT2D eigenvalue weighted by molar-refractivity contribution is 5.91. The molecule has 5 nitrogen and oxygen atoms in total. The molecule has 5 heteroatoms. The van der Waals surface area contributed by atoms with E-state index in [2.05, 4.69) is 6.58 Å². The minimum atomic E-state index is -0.335. The molecule has 0 amide bonds. The topological polar surface area (TPSA) is 65.1 Å². The Morgan fingerprint density at radius 1 is 1.52 bits per heavy atom. The third kappa shape index (κ3) is 2.50. The summed E-state index contributed by atoms with van der Waals surface area (Å²) in [4.78, 5) is 23.6. The fourth-order valence-corrected chi connectivity index (χ4v) is 3.36. The van der Waals surface area contributed by atoms with Crippen LogP contribution in [0.15, 0.2) is 23.8 Å². The molecule has 2 saturated heterocycles. The molecular weight excluding hydrogens is 272 g/mol. The van der Waals surface area contributed by atoms with E-state index in [1.165, 1.54) is 7.11 Å². The van der Waals surface area contributed by atoms with E-state index >= 15 is 0 Å². The van der Waals surface area contributed by atoms with Crippen molar-refractivity contribution in [3.8, 4) is 0 Å². The highest BCUT2D eigenvalue weighted by Gasteiger charge is 2.55. The molecule has 2 heterocycles. The molecule has 3 rings (SSSR count). The lowest BCUT2D eigenvalue weighted by Gasteiger charge is -2.20. The number of carbonyl (C=O) groups excluding carboxylic acids is 2. The van der Waals surface area contributed by atoms with Gasteiger partial charge < -0.3 is 14.2 Å². The first-order chi connectivity index (χ1) is 9.94. The summed E-state index contributed by atoms with van der Waals surface area (Å²) in [6.07, 6.45) is 4.43. The van der Waals surface area contributed by atoms with Crippen molar-refractivity contribution >= 4 is 11.9 Å². The molecule has 0 aromatic rings. The number of fused-ring (bicyclic) bond motifs is 2. The van der Waals surface area contributed by atoms with Crippen molar-refractivity contribution in [2.45, 2.75) is 50.4 Å². The first-order valence-corrected chi connectivity index (χ1v) is 7.29. The number of hydrogen-bond acceptors (Lipinski definition) is 5. The second kappa shape index (κ2) is 4.98. The zero-order valence-electron chi connectivity index (χ0n) is 12.4. The van der Waals surface area contributed by atoms with Crippen LogP contribution in [0.1, 0.15) is 32.6 Å². The van der Waals surface area contributed by atoms with Crippen LogP contribution in [-0.2, 0) is 23.8 Å². The summed E-state index contributed by atoms with van der Waals surface area (Å²) in [6, 6.07) is 0. The molecule has 0 bridgehead atoms. The molecule has 0 aromatic heterocycles. The van der Waals surface area contributed by atoms with Gasteiger partial charge in [0.15, 0.2) is 0 Å². The quantitative estimate of drug-likeness (QED) is 0.419. The van der Waals surface area contributed by atoms with Gasteiger partial charge in [-0.05, 0) is 26.2 Å². The smallest absolute Gasteiger partial charge is 0.334 e. The predicted octanol–water partition coefficient (Wildman–Crippen LogP) is 1.92. The van der Waals surface area contributed by atoms with Gasteiger partial charge in [-0.3, -0.25) is 0 Å². The average molecular weight is 292 g/mol. The molecule has 0 radical (unpaired) electrons. The van der Waals surface area contributed by atoms with Crippen LogP contribution >= 0.6 is 0 Å².